The molecule has 0 saturated carbocycles. The predicted molar refractivity (Wildman–Crippen MR) is 271 cm³/mol. The van der Waals surface area contributed by atoms with E-state index in [1.54, 1.807) is 12.1 Å². The summed E-state index contributed by atoms with van der Waals surface area (Å²) in [5.41, 5.74) is 14.4. The largest absolute Gasteiger partial charge is 0.398 e. The van der Waals surface area contributed by atoms with Crippen molar-refractivity contribution in [2.45, 2.75) is 63.6 Å². The van der Waals surface area contributed by atoms with Gasteiger partial charge in [0.15, 0.2) is 13.5 Å². The van der Waals surface area contributed by atoms with Crippen molar-refractivity contribution < 1.29 is 0 Å². The van der Waals surface area contributed by atoms with Crippen LogP contribution in [0.4, 0.5) is 0 Å². The molecule has 8 heteroatoms. The highest BCUT2D eigenvalue weighted by Crippen LogP contribution is 2.59. The second-order valence-electron chi connectivity index (χ2n) is 18.8. The molecule has 1 aliphatic heterocycles. The maximum absolute atomic E-state index is 11.6. The third-order valence-corrected chi connectivity index (χ3v) is 24.9. The average molecular weight is 906 g/mol. The Morgan fingerprint density at radius 3 is 1.36 bits per heavy atom. The van der Waals surface area contributed by atoms with E-state index in [1.165, 1.54) is 20.7 Å². The molecule has 0 radical (unpaired) electrons. The van der Waals surface area contributed by atoms with Crippen molar-refractivity contribution in [3.05, 3.63) is 213 Å². The molecule has 2 atom stereocenters. The first-order valence-electron chi connectivity index (χ1n) is 21.6. The topological polar surface area (TPSA) is 86.0 Å². The second-order valence-corrected chi connectivity index (χ2v) is 28.7. The lowest BCUT2D eigenvalue weighted by Gasteiger charge is -2.46. The predicted octanol–water partition coefficient (Wildman–Crippen LogP) is 11.0. The average Bonchev–Trinajstić information content (AvgIpc) is 3.57. The highest BCUT2D eigenvalue weighted by molar-refractivity contribution is 7.11. The number of nitrogens with zero attached hydrogens (tertiary/aromatic N) is 3. The SMILES string of the molecule is CC(C)(C)[Si](C#CC1=C([Si](c2ccccc2)(c2ccccc2)C(C)(C)C)C(N)=C2C1=N[C@@H](c1ccc(Cl)cc1)C(C#N)(C#N)[C@@H]2c1ccc(Cl)cc1)(c1ccccc1)c1ccccc1. The lowest BCUT2D eigenvalue weighted by molar-refractivity contribution is 0.362. The highest BCUT2D eigenvalue weighted by Gasteiger charge is 2.61. The minimum absolute atomic E-state index is 0.288. The van der Waals surface area contributed by atoms with Gasteiger partial charge in [0.05, 0.1) is 23.4 Å². The van der Waals surface area contributed by atoms with E-state index in [0.29, 0.717) is 32.6 Å². The van der Waals surface area contributed by atoms with Gasteiger partial charge in [-0.05, 0) is 71.4 Å². The van der Waals surface area contributed by atoms with Gasteiger partial charge in [-0.1, -0.05) is 216 Å². The fourth-order valence-electron chi connectivity index (χ4n) is 10.5. The van der Waals surface area contributed by atoms with Crippen LogP contribution >= 0.6 is 23.2 Å². The summed E-state index contributed by atoms with van der Waals surface area (Å²) in [5, 5.41) is 29.2. The Labute approximate surface area is 390 Å². The molecule has 0 unspecified atom stereocenters. The Bertz CT molecular complexity index is 2850. The van der Waals surface area contributed by atoms with Crippen molar-refractivity contribution >= 4 is 65.8 Å². The molecule has 0 fully saturated rings. The van der Waals surface area contributed by atoms with Crippen LogP contribution in [0.2, 0.25) is 20.1 Å². The number of rotatable bonds is 7. The summed E-state index contributed by atoms with van der Waals surface area (Å²) >= 11 is 13.1. The van der Waals surface area contributed by atoms with Gasteiger partial charge < -0.3 is 5.73 Å². The molecule has 316 valence electrons. The number of nitrogens with two attached hydrogens (primary N) is 1. The van der Waals surface area contributed by atoms with Crippen LogP contribution in [0.1, 0.15) is 64.6 Å². The lowest BCUT2D eigenvalue weighted by Crippen LogP contribution is -2.66. The fraction of sp³-hybridized carbons (Fsp3) is 0.196. The lowest BCUT2D eigenvalue weighted by atomic mass is 9.62. The molecule has 2 aliphatic rings. The maximum atomic E-state index is 11.6. The van der Waals surface area contributed by atoms with Gasteiger partial charge in [0.2, 0.25) is 8.07 Å². The maximum Gasteiger partial charge on any atom is 0.204 e. The van der Waals surface area contributed by atoms with Gasteiger partial charge in [-0.15, -0.1) is 5.54 Å². The Hall–Kier alpha value is -6.18. The van der Waals surface area contributed by atoms with Gasteiger partial charge in [-0.25, -0.2) is 0 Å². The minimum atomic E-state index is -3.32. The van der Waals surface area contributed by atoms with E-state index in [-0.39, 0.29) is 5.04 Å². The first-order valence-corrected chi connectivity index (χ1v) is 26.3. The molecule has 8 rings (SSSR count). The highest BCUT2D eigenvalue weighted by atomic mass is 35.5. The molecule has 6 aromatic rings. The zero-order chi connectivity index (χ0) is 45.5. The van der Waals surface area contributed by atoms with Gasteiger partial charge in [-0.3, -0.25) is 4.99 Å². The van der Waals surface area contributed by atoms with E-state index >= 15 is 0 Å². The summed E-state index contributed by atoms with van der Waals surface area (Å²) in [6.07, 6.45) is 0. The number of allylic oxidation sites excluding steroid dienone is 3. The monoisotopic (exact) mass is 904 g/mol. The second kappa shape index (κ2) is 17.1. The van der Waals surface area contributed by atoms with Gasteiger partial charge in [0, 0.05) is 27.2 Å². The Balaban J connectivity index is 1.62. The quantitative estimate of drug-likeness (QED) is 0.128. The minimum Gasteiger partial charge on any atom is -0.398 e. The number of hydrogen-bond acceptors (Lipinski definition) is 4. The summed E-state index contributed by atoms with van der Waals surface area (Å²) < 4.78 is 0. The normalized spacial score (nSPS) is 17.4. The number of hydrogen-bond donors (Lipinski definition) is 1. The van der Waals surface area contributed by atoms with Crippen molar-refractivity contribution in [1.29, 1.82) is 10.5 Å². The van der Waals surface area contributed by atoms with Gasteiger partial charge in [-0.2, -0.15) is 10.5 Å². The standard InChI is InChI=1S/C56H50Cl2N4Si2/c1-54(2,3)63(43-19-11-7-12-20-43,44-21-13-8-14-22-44)36-35-47-51-48(50(61)52(47)64(55(4,5)6,45-23-15-9-16-24-45)46-25-17-10-18-26-46)49(39-27-31-41(57)32-28-39)56(37-59,38-60)53(62-51)40-29-33-42(58)34-30-40/h7-34,49,53H,61H2,1-6H3/t49-,53+/m1/s1. The van der Waals surface area contributed by atoms with Gasteiger partial charge >= 0.3 is 0 Å². The summed E-state index contributed by atoms with van der Waals surface area (Å²) in [4.78, 5) is 5.65. The van der Waals surface area contributed by atoms with Crippen LogP contribution in [-0.4, -0.2) is 21.9 Å². The van der Waals surface area contributed by atoms with Crippen molar-refractivity contribution in [2.24, 2.45) is 16.1 Å². The van der Waals surface area contributed by atoms with E-state index in [9.17, 15) is 10.5 Å². The number of benzene rings is 6. The van der Waals surface area contributed by atoms with Crippen molar-refractivity contribution in [1.82, 2.24) is 0 Å². The molecule has 1 aliphatic carbocycles. The van der Waals surface area contributed by atoms with Crippen LogP contribution in [0.3, 0.4) is 0 Å². The molecule has 64 heavy (non-hydrogen) atoms. The van der Waals surface area contributed by atoms with E-state index < -0.39 is 38.6 Å². The Kier molecular flexibility index (Phi) is 11.9. The van der Waals surface area contributed by atoms with Crippen molar-refractivity contribution in [3.63, 3.8) is 0 Å². The molecular formula is C56H50Cl2N4Si2. The van der Waals surface area contributed by atoms with Gasteiger partial charge in [0.25, 0.3) is 0 Å². The van der Waals surface area contributed by atoms with Crippen LogP contribution in [0.5, 0.6) is 0 Å². The molecule has 0 aromatic heterocycles. The fourth-order valence-corrected chi connectivity index (χ4v) is 21.1. The third kappa shape index (κ3) is 7.09. The molecule has 0 amide bonds. The van der Waals surface area contributed by atoms with Crippen molar-refractivity contribution in [3.8, 4) is 23.6 Å². The summed E-state index contributed by atoms with van der Waals surface area (Å²) in [5.74, 6) is 3.17. The summed E-state index contributed by atoms with van der Waals surface area (Å²) in [6.45, 7) is 13.8. The number of aliphatic imine (C=N–C) groups is 1. The molecule has 4 nitrogen and oxygen atoms in total. The molecular weight excluding hydrogens is 856 g/mol. The van der Waals surface area contributed by atoms with E-state index in [2.05, 4.69) is 186 Å². The molecule has 2 N–H and O–H groups in total. The Morgan fingerprint density at radius 1 is 0.562 bits per heavy atom. The summed E-state index contributed by atoms with van der Waals surface area (Å²) in [6, 6.07) is 61.8. The zero-order valence-corrected chi connectivity index (χ0v) is 40.5. The smallest absolute Gasteiger partial charge is 0.204 e. The first kappa shape index (κ1) is 44.4. The van der Waals surface area contributed by atoms with E-state index in [4.69, 9.17) is 33.9 Å². The zero-order valence-electron chi connectivity index (χ0n) is 37.0. The van der Waals surface area contributed by atoms with E-state index in [1.807, 2.05) is 36.4 Å². The van der Waals surface area contributed by atoms with Crippen LogP contribution in [-0.2, 0) is 0 Å². The molecule has 0 saturated heterocycles. The van der Waals surface area contributed by atoms with Crippen molar-refractivity contribution in [2.75, 3.05) is 0 Å². The van der Waals surface area contributed by atoms with Gasteiger partial charge in [0.1, 0.15) is 6.04 Å². The Morgan fingerprint density at radius 2 is 0.969 bits per heavy atom. The third-order valence-electron chi connectivity index (χ3n) is 13.3. The molecule has 0 spiro atoms. The summed E-state index contributed by atoms with van der Waals surface area (Å²) in [7, 11) is -6.36. The number of nitriles is 2. The molecule has 0 bridgehead atoms. The van der Waals surface area contributed by atoms with Crippen LogP contribution in [0.25, 0.3) is 0 Å². The number of fused-ring (bicyclic) bond motifs is 1. The van der Waals surface area contributed by atoms with Crippen LogP contribution < -0.4 is 26.5 Å². The molecule has 6 aromatic carbocycles. The van der Waals surface area contributed by atoms with Crippen LogP contribution in [0.15, 0.2) is 197 Å². The first-order chi connectivity index (χ1) is 30.7. The van der Waals surface area contributed by atoms with Crippen LogP contribution in [0, 0.1) is 39.5 Å². The molecule has 1 heterocycles. The van der Waals surface area contributed by atoms with E-state index in [0.717, 1.165) is 16.3 Å². The number of halogens is 2.